The molecule has 1 aromatic heterocycles. The summed E-state index contributed by atoms with van der Waals surface area (Å²) in [5.74, 6) is -1.49. The van der Waals surface area contributed by atoms with E-state index < -0.39 is 11.7 Å². The summed E-state index contributed by atoms with van der Waals surface area (Å²) in [6, 6.07) is 28.5. The number of hydrazone groups is 1. The van der Waals surface area contributed by atoms with Gasteiger partial charge in [0.25, 0.3) is 5.78 Å². The van der Waals surface area contributed by atoms with Gasteiger partial charge in [0.05, 0.1) is 28.4 Å². The summed E-state index contributed by atoms with van der Waals surface area (Å²) in [7, 11) is 0. The van der Waals surface area contributed by atoms with Gasteiger partial charge in [-0.25, -0.2) is 10.1 Å². The molecular formula is C26H22N4O2. The van der Waals surface area contributed by atoms with E-state index in [1.54, 1.807) is 18.5 Å². The quantitative estimate of drug-likeness (QED) is 0.219. The molecule has 0 radical (unpaired) electrons. The number of amides is 1. The molecule has 0 spiro atoms. The third-order valence-electron chi connectivity index (χ3n) is 5.09. The number of carbonyl (C=O) groups excluding carboxylic acids is 2. The molecule has 4 rings (SSSR count). The van der Waals surface area contributed by atoms with Gasteiger partial charge >= 0.3 is 5.91 Å². The van der Waals surface area contributed by atoms with Gasteiger partial charge in [0.1, 0.15) is 0 Å². The maximum atomic E-state index is 13.0. The van der Waals surface area contributed by atoms with E-state index in [-0.39, 0.29) is 5.56 Å². The molecule has 1 N–H and O–H groups in total. The van der Waals surface area contributed by atoms with Gasteiger partial charge in [-0.1, -0.05) is 78.9 Å². The van der Waals surface area contributed by atoms with Gasteiger partial charge in [0.15, 0.2) is 0 Å². The molecule has 1 heterocycles. The Bertz CT molecular complexity index is 1240. The second-order valence-corrected chi connectivity index (χ2v) is 7.26. The number of aryl methyl sites for hydroxylation is 1. The first-order chi connectivity index (χ1) is 15.6. The average molecular weight is 422 g/mol. The van der Waals surface area contributed by atoms with E-state index in [0.29, 0.717) is 17.1 Å². The van der Waals surface area contributed by atoms with E-state index in [2.05, 4.69) is 15.6 Å². The molecule has 6 nitrogen and oxygen atoms in total. The highest BCUT2D eigenvalue weighted by Crippen LogP contribution is 2.18. The molecule has 0 saturated heterocycles. The molecule has 158 valence electrons. The van der Waals surface area contributed by atoms with Crippen LogP contribution in [0.2, 0.25) is 0 Å². The molecule has 0 atom stereocenters. The highest BCUT2D eigenvalue weighted by molar-refractivity contribution is 6.43. The second kappa shape index (κ2) is 9.22. The van der Waals surface area contributed by atoms with Crippen molar-refractivity contribution in [3.63, 3.8) is 0 Å². The predicted molar refractivity (Wildman–Crippen MR) is 124 cm³/mol. The van der Waals surface area contributed by atoms with Gasteiger partial charge in [0, 0.05) is 11.1 Å². The Morgan fingerprint density at radius 3 is 1.81 bits per heavy atom. The lowest BCUT2D eigenvalue weighted by Gasteiger charge is -2.08. The van der Waals surface area contributed by atoms with Crippen LogP contribution in [-0.2, 0) is 4.79 Å². The fraction of sp³-hybridized carbons (Fsp3) is 0.0769. The lowest BCUT2D eigenvalue weighted by molar-refractivity contribution is -0.117. The molecule has 3 aromatic carbocycles. The summed E-state index contributed by atoms with van der Waals surface area (Å²) in [5, 5.41) is 8.76. The number of benzene rings is 3. The Kier molecular flexibility index (Phi) is 6.03. The van der Waals surface area contributed by atoms with Crippen LogP contribution in [0.15, 0.2) is 96.1 Å². The molecule has 0 saturated carbocycles. The number of nitrogens with zero attached hydrogens (tertiary/aromatic N) is 3. The van der Waals surface area contributed by atoms with Crippen molar-refractivity contribution < 1.29 is 9.59 Å². The number of rotatable bonds is 6. The van der Waals surface area contributed by atoms with E-state index in [9.17, 15) is 9.59 Å². The van der Waals surface area contributed by atoms with Gasteiger partial charge in [-0.05, 0) is 26.0 Å². The zero-order valence-corrected chi connectivity index (χ0v) is 17.8. The van der Waals surface area contributed by atoms with Crippen LogP contribution in [0.1, 0.15) is 32.9 Å². The third-order valence-corrected chi connectivity index (χ3v) is 5.09. The van der Waals surface area contributed by atoms with Crippen molar-refractivity contribution in [2.75, 3.05) is 0 Å². The summed E-state index contributed by atoms with van der Waals surface area (Å²) < 4.78 is 1.67. The number of para-hydroxylation sites is 1. The SMILES string of the molecule is Cc1nn(-c2ccccc2)c(C)c1C(=O)C(=O)NN=C(c1ccccc1)c1ccccc1. The lowest BCUT2D eigenvalue weighted by Crippen LogP contribution is -2.29. The first-order valence-corrected chi connectivity index (χ1v) is 10.2. The molecule has 1 amide bonds. The fourth-order valence-corrected chi connectivity index (χ4v) is 3.55. The predicted octanol–water partition coefficient (Wildman–Crippen LogP) is 4.24. The fourth-order valence-electron chi connectivity index (χ4n) is 3.55. The summed E-state index contributed by atoms with van der Waals surface area (Å²) in [6.07, 6.45) is 0. The van der Waals surface area contributed by atoms with Gasteiger partial charge in [-0.3, -0.25) is 9.59 Å². The van der Waals surface area contributed by atoms with Crippen molar-refractivity contribution in [3.8, 4) is 5.69 Å². The zero-order chi connectivity index (χ0) is 22.5. The normalized spacial score (nSPS) is 10.4. The molecule has 6 heteroatoms. The van der Waals surface area contributed by atoms with Crippen LogP contribution >= 0.6 is 0 Å². The van der Waals surface area contributed by atoms with Crippen molar-refractivity contribution in [2.45, 2.75) is 13.8 Å². The number of Topliss-reactive ketones (excluding diaryl/α,β-unsaturated/α-hetero) is 1. The van der Waals surface area contributed by atoms with Gasteiger partial charge in [-0.2, -0.15) is 10.2 Å². The third kappa shape index (κ3) is 4.25. The molecule has 0 fully saturated rings. The van der Waals surface area contributed by atoms with Crippen molar-refractivity contribution in [1.82, 2.24) is 15.2 Å². The molecule has 0 aliphatic rings. The summed E-state index contributed by atoms with van der Waals surface area (Å²) in [6.45, 7) is 3.49. The van der Waals surface area contributed by atoms with Gasteiger partial charge in [-0.15, -0.1) is 0 Å². The summed E-state index contributed by atoms with van der Waals surface area (Å²) in [4.78, 5) is 25.7. The first-order valence-electron chi connectivity index (χ1n) is 10.2. The minimum absolute atomic E-state index is 0.280. The smallest absolute Gasteiger partial charge is 0.283 e. The van der Waals surface area contributed by atoms with Crippen LogP contribution in [0.4, 0.5) is 0 Å². The van der Waals surface area contributed by atoms with Crippen LogP contribution in [0.25, 0.3) is 5.69 Å². The van der Waals surface area contributed by atoms with E-state index in [1.807, 2.05) is 91.0 Å². The van der Waals surface area contributed by atoms with Crippen LogP contribution < -0.4 is 5.43 Å². The number of hydrogen-bond donors (Lipinski definition) is 1. The molecule has 0 bridgehead atoms. The number of carbonyl (C=O) groups is 2. The van der Waals surface area contributed by atoms with E-state index >= 15 is 0 Å². The Morgan fingerprint density at radius 2 is 1.28 bits per heavy atom. The van der Waals surface area contributed by atoms with Crippen LogP contribution in [0.5, 0.6) is 0 Å². The maximum Gasteiger partial charge on any atom is 0.312 e. The second-order valence-electron chi connectivity index (χ2n) is 7.26. The van der Waals surface area contributed by atoms with E-state index in [4.69, 9.17) is 0 Å². The van der Waals surface area contributed by atoms with Crippen molar-refractivity contribution in [3.05, 3.63) is 119 Å². The van der Waals surface area contributed by atoms with Crippen LogP contribution in [0.3, 0.4) is 0 Å². The van der Waals surface area contributed by atoms with E-state index in [1.165, 1.54) is 0 Å². The Morgan fingerprint density at radius 1 is 0.781 bits per heavy atom. The Labute approximate surface area is 186 Å². The lowest BCUT2D eigenvalue weighted by atomic mass is 10.0. The highest BCUT2D eigenvalue weighted by atomic mass is 16.2. The largest absolute Gasteiger partial charge is 0.312 e. The van der Waals surface area contributed by atoms with Gasteiger partial charge in [0.2, 0.25) is 0 Å². The standard InChI is InChI=1S/C26H22N4O2/c1-18-23(19(2)30(29-18)22-16-10-5-11-17-22)25(31)26(32)28-27-24(20-12-6-3-7-13-20)21-14-8-4-9-15-21/h3-17H,1-2H3,(H,28,32). The first kappa shape index (κ1) is 20.9. The number of ketones is 1. The van der Waals surface area contributed by atoms with Gasteiger partial charge < -0.3 is 0 Å². The molecular weight excluding hydrogens is 400 g/mol. The number of hydrogen-bond acceptors (Lipinski definition) is 4. The van der Waals surface area contributed by atoms with E-state index in [0.717, 1.165) is 16.8 Å². The van der Waals surface area contributed by atoms with Crippen molar-refractivity contribution in [1.29, 1.82) is 0 Å². The monoisotopic (exact) mass is 422 g/mol. The summed E-state index contributed by atoms with van der Waals surface area (Å²) in [5.41, 5.74) is 6.86. The number of nitrogens with one attached hydrogen (secondary N) is 1. The molecule has 0 unspecified atom stereocenters. The zero-order valence-electron chi connectivity index (χ0n) is 17.8. The minimum Gasteiger partial charge on any atom is -0.283 e. The topological polar surface area (TPSA) is 76.3 Å². The Balaban J connectivity index is 1.63. The van der Waals surface area contributed by atoms with Crippen molar-refractivity contribution >= 4 is 17.4 Å². The number of aromatic nitrogens is 2. The molecule has 4 aromatic rings. The van der Waals surface area contributed by atoms with Crippen LogP contribution in [0, 0.1) is 13.8 Å². The minimum atomic E-state index is -0.812. The average Bonchev–Trinajstić information content (AvgIpc) is 3.14. The molecule has 0 aliphatic carbocycles. The summed E-state index contributed by atoms with van der Waals surface area (Å²) >= 11 is 0. The Hall–Kier alpha value is -4.32. The molecule has 0 aliphatic heterocycles. The highest BCUT2D eigenvalue weighted by Gasteiger charge is 2.25. The molecule has 32 heavy (non-hydrogen) atoms. The van der Waals surface area contributed by atoms with Crippen molar-refractivity contribution in [2.24, 2.45) is 5.10 Å². The maximum absolute atomic E-state index is 13.0. The van der Waals surface area contributed by atoms with Crippen LogP contribution in [-0.4, -0.2) is 27.2 Å².